The Bertz CT molecular complexity index is 306. The van der Waals surface area contributed by atoms with Crippen LogP contribution in [0, 0.1) is 5.92 Å². The van der Waals surface area contributed by atoms with Gasteiger partial charge in [-0.2, -0.15) is 18.3 Å². The van der Waals surface area contributed by atoms with Crippen molar-refractivity contribution >= 4 is 17.2 Å². The molecule has 1 heterocycles. The minimum atomic E-state index is -4.42. The van der Waals surface area contributed by atoms with Crippen molar-refractivity contribution in [1.82, 2.24) is 9.78 Å². The summed E-state index contributed by atoms with van der Waals surface area (Å²) in [6.07, 6.45) is -1.60. The van der Waals surface area contributed by atoms with Crippen molar-refractivity contribution in [2.45, 2.75) is 12.7 Å². The molecule has 1 unspecified atom stereocenters. The second-order valence-corrected chi connectivity index (χ2v) is 3.20. The lowest BCUT2D eigenvalue weighted by Gasteiger charge is -2.18. The summed E-state index contributed by atoms with van der Waals surface area (Å²) >= 11 is 4.35. The highest BCUT2D eigenvalue weighted by atomic mass is 32.1. The third-order valence-electron chi connectivity index (χ3n) is 1.67. The van der Waals surface area contributed by atoms with Gasteiger partial charge in [0.25, 0.3) is 0 Å². The summed E-state index contributed by atoms with van der Waals surface area (Å²) < 4.78 is 38.2. The Hall–Kier alpha value is -1.11. The largest absolute Gasteiger partial charge is 0.399 e. The van der Waals surface area contributed by atoms with Crippen LogP contribution in [-0.4, -0.2) is 20.9 Å². The summed E-state index contributed by atoms with van der Waals surface area (Å²) in [5.74, 6) is -1.82. The summed E-state index contributed by atoms with van der Waals surface area (Å²) in [6, 6.07) is 1.53. The number of halogens is 3. The second kappa shape index (κ2) is 3.95. The van der Waals surface area contributed by atoms with Gasteiger partial charge in [-0.15, -0.1) is 0 Å². The highest BCUT2D eigenvalue weighted by Crippen LogP contribution is 2.27. The molecule has 7 heteroatoms. The molecule has 78 valence electrons. The van der Waals surface area contributed by atoms with Crippen LogP contribution in [-0.2, 0) is 6.54 Å². The standard InChI is InChI=1S/C7H8F3N3S/c8-7(9,10)5(6(11)14)4-13-3-1-2-12-13/h1-3,5H,4H2,(H2,11,14). The van der Waals surface area contributed by atoms with Crippen molar-refractivity contribution in [3.05, 3.63) is 18.5 Å². The van der Waals surface area contributed by atoms with Crippen LogP contribution < -0.4 is 5.73 Å². The van der Waals surface area contributed by atoms with E-state index in [0.717, 1.165) is 4.68 Å². The van der Waals surface area contributed by atoms with Crippen molar-refractivity contribution in [2.24, 2.45) is 11.7 Å². The van der Waals surface area contributed by atoms with Gasteiger partial charge in [0.15, 0.2) is 0 Å². The first kappa shape index (κ1) is 11.0. The van der Waals surface area contributed by atoms with Crippen molar-refractivity contribution < 1.29 is 13.2 Å². The number of nitrogens with two attached hydrogens (primary N) is 1. The Morgan fingerprint density at radius 3 is 2.57 bits per heavy atom. The third-order valence-corrected chi connectivity index (χ3v) is 1.95. The lowest BCUT2D eigenvalue weighted by molar-refractivity contribution is -0.158. The molecule has 0 spiro atoms. The monoisotopic (exact) mass is 223 g/mol. The molecule has 0 amide bonds. The van der Waals surface area contributed by atoms with Crippen LogP contribution in [0.3, 0.4) is 0 Å². The van der Waals surface area contributed by atoms with Crippen LogP contribution in [0.25, 0.3) is 0 Å². The van der Waals surface area contributed by atoms with E-state index in [1.54, 1.807) is 0 Å². The zero-order valence-electron chi connectivity index (χ0n) is 7.03. The first-order valence-corrected chi connectivity index (χ1v) is 4.15. The first-order valence-electron chi connectivity index (χ1n) is 3.74. The zero-order chi connectivity index (χ0) is 10.8. The summed E-state index contributed by atoms with van der Waals surface area (Å²) in [6.45, 7) is -0.369. The van der Waals surface area contributed by atoms with Crippen molar-refractivity contribution in [3.8, 4) is 0 Å². The van der Waals surface area contributed by atoms with Gasteiger partial charge < -0.3 is 5.73 Å². The summed E-state index contributed by atoms with van der Waals surface area (Å²) in [5.41, 5.74) is 5.01. The molecule has 0 aliphatic carbocycles. The molecule has 1 aromatic heterocycles. The van der Waals surface area contributed by atoms with E-state index in [1.807, 2.05) is 0 Å². The van der Waals surface area contributed by atoms with E-state index in [1.165, 1.54) is 18.5 Å². The van der Waals surface area contributed by atoms with E-state index in [4.69, 9.17) is 5.73 Å². The first-order chi connectivity index (χ1) is 6.41. The SMILES string of the molecule is NC(=S)C(Cn1cccn1)C(F)(F)F. The molecular formula is C7H8F3N3S. The van der Waals surface area contributed by atoms with Crippen LogP contribution in [0.4, 0.5) is 13.2 Å². The molecule has 0 fully saturated rings. The highest BCUT2D eigenvalue weighted by Gasteiger charge is 2.41. The van der Waals surface area contributed by atoms with Crippen LogP contribution in [0.15, 0.2) is 18.5 Å². The van der Waals surface area contributed by atoms with Crippen LogP contribution in [0.2, 0.25) is 0 Å². The predicted octanol–water partition coefficient (Wildman–Crippen LogP) is 1.35. The van der Waals surface area contributed by atoms with E-state index in [-0.39, 0.29) is 6.54 Å². The molecule has 0 aliphatic heterocycles. The van der Waals surface area contributed by atoms with Gasteiger partial charge in [-0.1, -0.05) is 12.2 Å². The smallest absolute Gasteiger partial charge is 0.393 e. The Kier molecular flexibility index (Phi) is 3.10. The number of hydrogen-bond donors (Lipinski definition) is 1. The van der Waals surface area contributed by atoms with Gasteiger partial charge in [0.2, 0.25) is 0 Å². The molecule has 0 aromatic carbocycles. The van der Waals surface area contributed by atoms with Crippen molar-refractivity contribution in [1.29, 1.82) is 0 Å². The third kappa shape index (κ3) is 2.69. The molecular weight excluding hydrogens is 215 g/mol. The quantitative estimate of drug-likeness (QED) is 0.786. The normalized spacial score (nSPS) is 13.9. The molecule has 14 heavy (non-hydrogen) atoms. The fraction of sp³-hybridized carbons (Fsp3) is 0.429. The maximum Gasteiger partial charge on any atom is 0.399 e. The van der Waals surface area contributed by atoms with E-state index < -0.39 is 17.1 Å². The number of nitrogens with zero attached hydrogens (tertiary/aromatic N) is 2. The van der Waals surface area contributed by atoms with Gasteiger partial charge >= 0.3 is 6.18 Å². The average molecular weight is 223 g/mol. The predicted molar refractivity (Wildman–Crippen MR) is 48.6 cm³/mol. The Balaban J connectivity index is 2.76. The second-order valence-electron chi connectivity index (χ2n) is 2.72. The Labute approximate surface area is 83.7 Å². The van der Waals surface area contributed by atoms with E-state index in [0.29, 0.717) is 0 Å². The number of thiocarbonyl (C=S) groups is 1. The van der Waals surface area contributed by atoms with E-state index in [2.05, 4.69) is 17.3 Å². The minimum Gasteiger partial charge on any atom is -0.393 e. The highest BCUT2D eigenvalue weighted by molar-refractivity contribution is 7.80. The molecule has 0 radical (unpaired) electrons. The maximum atomic E-state index is 12.4. The van der Waals surface area contributed by atoms with E-state index >= 15 is 0 Å². The Morgan fingerprint density at radius 2 is 2.21 bits per heavy atom. The van der Waals surface area contributed by atoms with Gasteiger partial charge in [-0.3, -0.25) is 4.68 Å². The van der Waals surface area contributed by atoms with Crippen molar-refractivity contribution in [3.63, 3.8) is 0 Å². The lowest BCUT2D eigenvalue weighted by atomic mass is 10.1. The molecule has 0 saturated heterocycles. The minimum absolute atomic E-state index is 0.369. The summed E-state index contributed by atoms with van der Waals surface area (Å²) in [5, 5.41) is 3.65. The van der Waals surface area contributed by atoms with Crippen LogP contribution >= 0.6 is 12.2 Å². The maximum absolute atomic E-state index is 12.4. The Morgan fingerprint density at radius 1 is 1.57 bits per heavy atom. The number of rotatable bonds is 3. The van der Waals surface area contributed by atoms with Crippen molar-refractivity contribution in [2.75, 3.05) is 0 Å². The van der Waals surface area contributed by atoms with Crippen LogP contribution in [0.1, 0.15) is 0 Å². The van der Waals surface area contributed by atoms with Gasteiger partial charge in [0.05, 0.1) is 11.5 Å². The zero-order valence-corrected chi connectivity index (χ0v) is 7.85. The van der Waals surface area contributed by atoms with Gasteiger partial charge in [-0.25, -0.2) is 0 Å². The number of alkyl halides is 3. The molecule has 1 atom stereocenters. The fourth-order valence-electron chi connectivity index (χ4n) is 0.950. The van der Waals surface area contributed by atoms with Gasteiger partial charge in [0.1, 0.15) is 5.92 Å². The molecule has 2 N–H and O–H groups in total. The molecule has 1 rings (SSSR count). The molecule has 0 saturated carbocycles. The number of aromatic nitrogens is 2. The fourth-order valence-corrected chi connectivity index (χ4v) is 1.16. The lowest BCUT2D eigenvalue weighted by Crippen LogP contribution is -2.37. The number of hydrogen-bond acceptors (Lipinski definition) is 2. The van der Waals surface area contributed by atoms with Crippen LogP contribution in [0.5, 0.6) is 0 Å². The average Bonchev–Trinajstić information content (AvgIpc) is 2.48. The van der Waals surface area contributed by atoms with Gasteiger partial charge in [-0.05, 0) is 6.07 Å². The van der Waals surface area contributed by atoms with Gasteiger partial charge in [0, 0.05) is 12.4 Å². The summed E-state index contributed by atoms with van der Waals surface area (Å²) in [7, 11) is 0. The molecule has 1 aromatic rings. The summed E-state index contributed by atoms with van der Waals surface area (Å²) in [4.78, 5) is -0.562. The topological polar surface area (TPSA) is 43.8 Å². The molecule has 3 nitrogen and oxygen atoms in total. The molecule has 0 aliphatic rings. The van der Waals surface area contributed by atoms with E-state index in [9.17, 15) is 13.2 Å². The molecule has 0 bridgehead atoms.